The van der Waals surface area contributed by atoms with Gasteiger partial charge in [-0.2, -0.15) is 31.3 Å². The molecule has 1 aromatic heterocycles. The van der Waals surface area contributed by atoms with Gasteiger partial charge in [-0.15, -0.1) is 0 Å². The highest BCUT2D eigenvalue weighted by atomic mass is 19.4. The molecule has 178 valence electrons. The van der Waals surface area contributed by atoms with E-state index < -0.39 is 53.1 Å². The van der Waals surface area contributed by atoms with Crippen molar-refractivity contribution in [3.05, 3.63) is 41.0 Å². The van der Waals surface area contributed by atoms with Crippen LogP contribution in [0, 0.1) is 0 Å². The number of halogens is 6. The van der Waals surface area contributed by atoms with Crippen molar-refractivity contribution in [1.82, 2.24) is 15.5 Å². The van der Waals surface area contributed by atoms with Crippen LogP contribution in [-0.4, -0.2) is 21.8 Å². The van der Waals surface area contributed by atoms with Crippen LogP contribution in [0.15, 0.2) is 22.7 Å². The van der Waals surface area contributed by atoms with E-state index in [4.69, 9.17) is 14.0 Å². The van der Waals surface area contributed by atoms with E-state index in [0.29, 0.717) is 12.1 Å². The quantitative estimate of drug-likeness (QED) is 0.587. The molecule has 1 aromatic carbocycles. The van der Waals surface area contributed by atoms with E-state index >= 15 is 0 Å². The number of benzene rings is 1. The van der Waals surface area contributed by atoms with E-state index in [1.165, 1.54) is 13.8 Å². The molecule has 0 unspecified atom stereocenters. The third-order valence-corrected chi connectivity index (χ3v) is 3.76. The molecule has 1 N–H and O–H groups in total. The van der Waals surface area contributed by atoms with Crippen LogP contribution < -0.4 is 10.1 Å². The number of ether oxygens (including phenoxy) is 2. The standard InChI is InChI=1S/C19H21F6N3O4/c1-16(2,3)31-15(29)27-17(4,5)14-26-13(32-28-14)9-30-12-7-10(18(20,21)22)6-11(8-12)19(23,24)25/h6-8H,9H2,1-5H3,(H,27,29). The van der Waals surface area contributed by atoms with Crippen LogP contribution in [-0.2, 0) is 29.2 Å². The molecule has 0 atom stereocenters. The van der Waals surface area contributed by atoms with Crippen molar-refractivity contribution in [1.29, 1.82) is 0 Å². The summed E-state index contributed by atoms with van der Waals surface area (Å²) in [7, 11) is 0. The Morgan fingerprint density at radius 3 is 1.97 bits per heavy atom. The lowest BCUT2D eigenvalue weighted by Gasteiger charge is -2.26. The molecule has 0 radical (unpaired) electrons. The Labute approximate surface area is 179 Å². The first-order valence-corrected chi connectivity index (χ1v) is 9.13. The number of carbonyl (C=O) groups is 1. The Balaban J connectivity index is 2.15. The zero-order chi connectivity index (χ0) is 24.5. The number of nitrogens with zero attached hydrogens (tertiary/aromatic N) is 2. The molecule has 0 saturated carbocycles. The van der Waals surface area contributed by atoms with E-state index in [2.05, 4.69) is 15.5 Å². The molecule has 0 aliphatic heterocycles. The fourth-order valence-corrected chi connectivity index (χ4v) is 2.34. The minimum Gasteiger partial charge on any atom is -0.484 e. The average Bonchev–Trinajstić information content (AvgIpc) is 3.06. The minimum atomic E-state index is -5.01. The monoisotopic (exact) mass is 469 g/mol. The van der Waals surface area contributed by atoms with Crippen LogP contribution in [0.25, 0.3) is 0 Å². The molecular formula is C19H21F6N3O4. The Kier molecular flexibility index (Phi) is 6.72. The van der Waals surface area contributed by atoms with Crippen molar-refractivity contribution >= 4 is 6.09 Å². The highest BCUT2D eigenvalue weighted by Crippen LogP contribution is 2.38. The summed E-state index contributed by atoms with van der Waals surface area (Å²) in [6.45, 7) is 7.47. The molecule has 1 heterocycles. The van der Waals surface area contributed by atoms with Crippen LogP contribution in [0.2, 0.25) is 0 Å². The molecule has 13 heteroatoms. The summed E-state index contributed by atoms with van der Waals surface area (Å²) in [5.74, 6) is -0.926. The largest absolute Gasteiger partial charge is 0.484 e. The maximum Gasteiger partial charge on any atom is 0.416 e. The van der Waals surface area contributed by atoms with Crippen LogP contribution in [0.4, 0.5) is 31.1 Å². The van der Waals surface area contributed by atoms with E-state index in [0.717, 1.165) is 0 Å². The molecule has 0 fully saturated rings. The molecule has 32 heavy (non-hydrogen) atoms. The lowest BCUT2D eigenvalue weighted by atomic mass is 10.1. The van der Waals surface area contributed by atoms with Crippen molar-refractivity contribution in [3.63, 3.8) is 0 Å². The van der Waals surface area contributed by atoms with Crippen LogP contribution in [0.5, 0.6) is 5.75 Å². The fourth-order valence-electron chi connectivity index (χ4n) is 2.34. The van der Waals surface area contributed by atoms with Gasteiger partial charge >= 0.3 is 18.4 Å². The highest BCUT2D eigenvalue weighted by molar-refractivity contribution is 5.68. The summed E-state index contributed by atoms with van der Waals surface area (Å²) in [4.78, 5) is 15.9. The normalized spacial score (nSPS) is 13.1. The van der Waals surface area contributed by atoms with Gasteiger partial charge in [-0.05, 0) is 52.8 Å². The third-order valence-electron chi connectivity index (χ3n) is 3.76. The summed E-state index contributed by atoms with van der Waals surface area (Å²) >= 11 is 0. The Morgan fingerprint density at radius 1 is 0.969 bits per heavy atom. The van der Waals surface area contributed by atoms with Gasteiger partial charge in [-0.1, -0.05) is 5.16 Å². The van der Waals surface area contributed by atoms with Crippen LogP contribution in [0.1, 0.15) is 57.5 Å². The first-order valence-electron chi connectivity index (χ1n) is 9.13. The van der Waals surface area contributed by atoms with Crippen molar-refractivity contribution < 1.29 is 45.1 Å². The molecular weight excluding hydrogens is 448 g/mol. The SMILES string of the molecule is CC(C)(C)OC(=O)NC(C)(C)c1noc(COc2cc(C(F)(F)F)cc(C(F)(F)F)c2)n1. The number of hydrogen-bond donors (Lipinski definition) is 1. The van der Waals surface area contributed by atoms with Gasteiger partial charge in [0.2, 0.25) is 0 Å². The summed E-state index contributed by atoms with van der Waals surface area (Å²) in [6.07, 6.45) is -10.8. The van der Waals surface area contributed by atoms with Gasteiger partial charge in [0.15, 0.2) is 12.4 Å². The summed E-state index contributed by atoms with van der Waals surface area (Å²) in [6, 6.07) is 0.851. The van der Waals surface area contributed by atoms with Gasteiger partial charge < -0.3 is 19.3 Å². The molecule has 0 bridgehead atoms. The average molecular weight is 469 g/mol. The van der Waals surface area contributed by atoms with Gasteiger partial charge in [0.1, 0.15) is 16.9 Å². The van der Waals surface area contributed by atoms with Crippen molar-refractivity contribution in [2.75, 3.05) is 0 Å². The van der Waals surface area contributed by atoms with Gasteiger partial charge in [0.25, 0.3) is 5.89 Å². The summed E-state index contributed by atoms with van der Waals surface area (Å²) in [5.41, 5.74) is -4.95. The van der Waals surface area contributed by atoms with E-state index in [1.807, 2.05) is 0 Å². The number of nitrogens with one attached hydrogen (secondary N) is 1. The fraction of sp³-hybridized carbons (Fsp3) is 0.526. The third kappa shape index (κ3) is 7.02. The summed E-state index contributed by atoms with van der Waals surface area (Å²) in [5, 5.41) is 6.19. The van der Waals surface area contributed by atoms with Crippen LogP contribution >= 0.6 is 0 Å². The molecule has 7 nitrogen and oxygen atoms in total. The maximum atomic E-state index is 12.9. The van der Waals surface area contributed by atoms with Gasteiger partial charge in [0, 0.05) is 0 Å². The Morgan fingerprint density at radius 2 is 1.50 bits per heavy atom. The zero-order valence-corrected chi connectivity index (χ0v) is 17.7. The van der Waals surface area contributed by atoms with Crippen molar-refractivity contribution in [3.8, 4) is 5.75 Å². The molecule has 0 aliphatic rings. The smallest absolute Gasteiger partial charge is 0.416 e. The topological polar surface area (TPSA) is 86.5 Å². The predicted molar refractivity (Wildman–Crippen MR) is 97.5 cm³/mol. The van der Waals surface area contributed by atoms with E-state index in [1.54, 1.807) is 20.8 Å². The van der Waals surface area contributed by atoms with E-state index in [-0.39, 0.29) is 17.8 Å². The van der Waals surface area contributed by atoms with Crippen molar-refractivity contribution in [2.24, 2.45) is 0 Å². The first-order chi connectivity index (χ1) is 14.4. The lowest BCUT2D eigenvalue weighted by molar-refractivity contribution is -0.143. The number of rotatable bonds is 5. The molecule has 0 spiro atoms. The number of hydrogen-bond acceptors (Lipinski definition) is 6. The van der Waals surface area contributed by atoms with Crippen molar-refractivity contribution in [2.45, 2.75) is 64.7 Å². The number of alkyl halides is 6. The lowest BCUT2D eigenvalue weighted by Crippen LogP contribution is -2.44. The second-order valence-electron chi connectivity index (χ2n) is 8.29. The predicted octanol–water partition coefficient (Wildman–Crippen LogP) is 5.45. The molecule has 0 aliphatic carbocycles. The highest BCUT2D eigenvalue weighted by Gasteiger charge is 2.37. The number of carbonyl (C=O) groups excluding carboxylic acids is 1. The minimum absolute atomic E-state index is 0.0114. The first kappa shape index (κ1) is 25.3. The molecule has 0 saturated heterocycles. The van der Waals surface area contributed by atoms with Gasteiger partial charge in [-0.3, -0.25) is 0 Å². The van der Waals surface area contributed by atoms with Gasteiger partial charge in [0.05, 0.1) is 11.1 Å². The Bertz CT molecular complexity index is 929. The molecule has 2 aromatic rings. The van der Waals surface area contributed by atoms with E-state index in [9.17, 15) is 31.1 Å². The maximum absolute atomic E-state index is 12.9. The van der Waals surface area contributed by atoms with Gasteiger partial charge in [-0.25, -0.2) is 4.79 Å². The second-order valence-corrected chi connectivity index (χ2v) is 8.29. The van der Waals surface area contributed by atoms with Crippen LogP contribution in [0.3, 0.4) is 0 Å². The zero-order valence-electron chi connectivity index (χ0n) is 17.7. The summed E-state index contributed by atoms with van der Waals surface area (Å²) < 4.78 is 92.7. The molecule has 2 rings (SSSR count). The number of alkyl carbamates (subject to hydrolysis) is 1. The Hall–Kier alpha value is -2.99. The molecule has 1 amide bonds. The number of aromatic nitrogens is 2. The number of amides is 1. The second kappa shape index (κ2) is 8.51.